The van der Waals surface area contributed by atoms with Gasteiger partial charge in [-0.3, -0.25) is 19.5 Å². The number of carbonyl (C=O) groups is 2. The SMILES string of the molecule is CCC.CSC(=O)C(C)C(=O)/C(C)=C(/C(=C(\C)NCCN1CCOCC1)c1ccncc1)c1ccc(F)cc1. The Morgan fingerprint density at radius 3 is 2.15 bits per heavy atom. The number of hydrogen-bond acceptors (Lipinski definition) is 7. The third-order valence-corrected chi connectivity index (χ3v) is 7.10. The number of rotatable bonds is 10. The number of Topliss-reactive ketones (excluding diaryl/α,β-unsaturated/α-hetero) is 1. The van der Waals surface area contributed by atoms with E-state index in [1.807, 2.05) is 19.1 Å². The number of carbonyl (C=O) groups excluding carboxylic acids is 2. The number of allylic oxidation sites excluding steroid dienone is 4. The van der Waals surface area contributed by atoms with E-state index in [2.05, 4.69) is 29.0 Å². The Morgan fingerprint density at radius 1 is 1.03 bits per heavy atom. The summed E-state index contributed by atoms with van der Waals surface area (Å²) in [5.74, 6) is -1.40. The molecule has 39 heavy (non-hydrogen) atoms. The first kappa shape index (κ1) is 32.4. The number of hydrogen-bond donors (Lipinski definition) is 1. The third-order valence-electron chi connectivity index (χ3n) is 6.34. The summed E-state index contributed by atoms with van der Waals surface area (Å²) in [6, 6.07) is 9.89. The van der Waals surface area contributed by atoms with Crippen LogP contribution in [0.1, 0.15) is 52.2 Å². The van der Waals surface area contributed by atoms with E-state index in [0.29, 0.717) is 23.3 Å². The summed E-state index contributed by atoms with van der Waals surface area (Å²) in [6.45, 7) is 14.5. The highest BCUT2D eigenvalue weighted by molar-refractivity contribution is 8.13. The predicted octanol–water partition coefficient (Wildman–Crippen LogP) is 5.86. The van der Waals surface area contributed by atoms with Gasteiger partial charge in [0.25, 0.3) is 0 Å². The fraction of sp³-hybridized carbons (Fsp3) is 0.452. The molecule has 1 atom stereocenters. The van der Waals surface area contributed by atoms with Gasteiger partial charge in [0.2, 0.25) is 0 Å². The maximum atomic E-state index is 13.8. The molecule has 0 amide bonds. The van der Waals surface area contributed by atoms with Crippen LogP contribution < -0.4 is 5.32 Å². The first-order valence-electron chi connectivity index (χ1n) is 13.5. The molecule has 1 fully saturated rings. The van der Waals surface area contributed by atoms with Crippen molar-refractivity contribution in [3.63, 3.8) is 0 Å². The van der Waals surface area contributed by atoms with Crippen molar-refractivity contribution in [3.05, 3.63) is 77.0 Å². The lowest BCUT2D eigenvalue weighted by Gasteiger charge is -2.27. The Balaban J connectivity index is 0.00000170. The number of nitrogens with one attached hydrogen (secondary N) is 1. The number of thioether (sulfide) groups is 1. The van der Waals surface area contributed by atoms with Gasteiger partial charge in [0.1, 0.15) is 5.82 Å². The van der Waals surface area contributed by atoms with E-state index in [-0.39, 0.29) is 16.7 Å². The summed E-state index contributed by atoms with van der Waals surface area (Å²) in [6.07, 6.45) is 6.34. The van der Waals surface area contributed by atoms with Gasteiger partial charge in [-0.05, 0) is 68.0 Å². The third kappa shape index (κ3) is 9.71. The van der Waals surface area contributed by atoms with Gasteiger partial charge >= 0.3 is 0 Å². The maximum Gasteiger partial charge on any atom is 0.199 e. The van der Waals surface area contributed by atoms with E-state index in [1.54, 1.807) is 44.6 Å². The van der Waals surface area contributed by atoms with Crippen LogP contribution in [0.15, 0.2) is 60.1 Å². The molecule has 0 saturated carbocycles. The number of halogens is 1. The molecule has 0 spiro atoms. The van der Waals surface area contributed by atoms with Crippen LogP contribution in [0.25, 0.3) is 11.1 Å². The molecule has 1 saturated heterocycles. The molecular formula is C31H42FN3O3S. The Kier molecular flexibility index (Phi) is 14.1. The number of aromatic nitrogens is 1. The van der Waals surface area contributed by atoms with Crippen LogP contribution in [0.2, 0.25) is 0 Å². The zero-order chi connectivity index (χ0) is 28.8. The van der Waals surface area contributed by atoms with Crippen LogP contribution >= 0.6 is 11.8 Å². The normalized spacial score (nSPS) is 15.8. The van der Waals surface area contributed by atoms with E-state index in [1.165, 1.54) is 18.6 Å². The topological polar surface area (TPSA) is 71.5 Å². The Hall–Kier alpha value is -2.81. The molecule has 1 unspecified atom stereocenters. The lowest BCUT2D eigenvalue weighted by molar-refractivity contribution is -0.125. The van der Waals surface area contributed by atoms with E-state index in [0.717, 1.165) is 61.4 Å². The number of ether oxygens (including phenoxy) is 1. The van der Waals surface area contributed by atoms with E-state index in [4.69, 9.17) is 4.74 Å². The molecule has 212 valence electrons. The second-order valence-corrected chi connectivity index (χ2v) is 10.3. The van der Waals surface area contributed by atoms with Crippen molar-refractivity contribution < 1.29 is 18.7 Å². The quantitative estimate of drug-likeness (QED) is 0.224. The lowest BCUT2D eigenvalue weighted by Crippen LogP contribution is -2.40. The van der Waals surface area contributed by atoms with Crippen molar-refractivity contribution in [2.75, 3.05) is 45.6 Å². The van der Waals surface area contributed by atoms with Crippen molar-refractivity contribution >= 4 is 33.8 Å². The number of nitrogens with zero attached hydrogens (tertiary/aromatic N) is 2. The molecule has 0 radical (unpaired) electrons. The Labute approximate surface area is 237 Å². The van der Waals surface area contributed by atoms with Crippen molar-refractivity contribution in [1.82, 2.24) is 15.2 Å². The van der Waals surface area contributed by atoms with Crippen LogP contribution in [0.4, 0.5) is 4.39 Å². The molecule has 1 aromatic heterocycles. The highest BCUT2D eigenvalue weighted by Gasteiger charge is 2.27. The molecule has 0 aliphatic carbocycles. The van der Waals surface area contributed by atoms with Crippen molar-refractivity contribution in [3.8, 4) is 0 Å². The van der Waals surface area contributed by atoms with E-state index in [9.17, 15) is 14.0 Å². The minimum absolute atomic E-state index is 0.187. The molecule has 3 rings (SSSR count). The molecular weight excluding hydrogens is 513 g/mol. The summed E-state index contributed by atoms with van der Waals surface area (Å²) in [7, 11) is 0. The number of benzene rings is 1. The zero-order valence-electron chi connectivity index (χ0n) is 24.1. The maximum absolute atomic E-state index is 13.8. The summed E-state index contributed by atoms with van der Waals surface area (Å²) in [4.78, 5) is 32.3. The smallest absolute Gasteiger partial charge is 0.199 e. The Bertz CT molecular complexity index is 1130. The standard InChI is InChI=1S/C28H34FN3O3S.C3H8/c1-19(27(33)20(2)28(34)36-4)25(22-5-7-24(29)8-6-22)26(23-9-11-30-12-10-23)21(3)31-13-14-32-15-17-35-18-16-32;1-3-2/h5-12,20,31H,13-18H2,1-4H3;3H2,1-2H3/b25-19+,26-21+;. The van der Waals surface area contributed by atoms with Gasteiger partial charge in [-0.25, -0.2) is 4.39 Å². The average Bonchev–Trinajstić information content (AvgIpc) is 2.96. The van der Waals surface area contributed by atoms with Crippen LogP contribution in [0.5, 0.6) is 0 Å². The van der Waals surface area contributed by atoms with Gasteiger partial charge in [0.15, 0.2) is 10.9 Å². The van der Waals surface area contributed by atoms with Gasteiger partial charge in [-0.2, -0.15) is 0 Å². The molecule has 8 heteroatoms. The van der Waals surface area contributed by atoms with Gasteiger partial charge < -0.3 is 10.1 Å². The first-order chi connectivity index (χ1) is 18.7. The minimum Gasteiger partial charge on any atom is -0.387 e. The van der Waals surface area contributed by atoms with E-state index < -0.39 is 5.92 Å². The van der Waals surface area contributed by atoms with Crippen LogP contribution in [0, 0.1) is 11.7 Å². The van der Waals surface area contributed by atoms with Gasteiger partial charge in [-0.15, -0.1) is 0 Å². The Morgan fingerprint density at radius 2 is 1.59 bits per heavy atom. The van der Waals surface area contributed by atoms with Crippen molar-refractivity contribution in [1.29, 1.82) is 0 Å². The number of ketones is 1. The van der Waals surface area contributed by atoms with E-state index >= 15 is 0 Å². The second kappa shape index (κ2) is 17.0. The molecule has 2 aromatic rings. The number of morpholine rings is 1. The fourth-order valence-electron chi connectivity index (χ4n) is 4.28. The second-order valence-electron chi connectivity index (χ2n) is 9.44. The summed E-state index contributed by atoms with van der Waals surface area (Å²) in [5.41, 5.74) is 4.40. The van der Waals surface area contributed by atoms with Gasteiger partial charge in [-0.1, -0.05) is 44.2 Å². The molecule has 1 aromatic carbocycles. The summed E-state index contributed by atoms with van der Waals surface area (Å²) < 4.78 is 19.3. The molecule has 0 bridgehead atoms. The van der Waals surface area contributed by atoms with Gasteiger partial charge in [0, 0.05) is 55.4 Å². The van der Waals surface area contributed by atoms with Gasteiger partial charge in [0.05, 0.1) is 19.1 Å². The average molecular weight is 556 g/mol. The minimum atomic E-state index is -0.788. The first-order valence-corrected chi connectivity index (χ1v) is 14.7. The molecule has 2 heterocycles. The summed E-state index contributed by atoms with van der Waals surface area (Å²) in [5, 5.41) is 3.35. The zero-order valence-corrected chi connectivity index (χ0v) is 24.9. The molecule has 6 nitrogen and oxygen atoms in total. The summed E-state index contributed by atoms with van der Waals surface area (Å²) >= 11 is 1.05. The van der Waals surface area contributed by atoms with Crippen molar-refractivity contribution in [2.24, 2.45) is 5.92 Å². The highest BCUT2D eigenvalue weighted by Crippen LogP contribution is 2.37. The lowest BCUT2D eigenvalue weighted by atomic mass is 9.85. The largest absolute Gasteiger partial charge is 0.387 e. The monoisotopic (exact) mass is 555 g/mol. The molecule has 1 aliphatic rings. The van der Waals surface area contributed by atoms with Crippen LogP contribution in [-0.4, -0.2) is 66.4 Å². The predicted molar refractivity (Wildman–Crippen MR) is 160 cm³/mol. The molecule has 1 N–H and O–H groups in total. The number of pyridine rings is 1. The fourth-order valence-corrected chi connectivity index (χ4v) is 4.74. The molecule has 1 aliphatic heterocycles. The highest BCUT2D eigenvalue weighted by atomic mass is 32.2. The van der Waals surface area contributed by atoms with Crippen LogP contribution in [-0.2, 0) is 14.3 Å². The van der Waals surface area contributed by atoms with Crippen molar-refractivity contribution in [2.45, 2.75) is 41.0 Å². The van der Waals surface area contributed by atoms with Crippen LogP contribution in [0.3, 0.4) is 0 Å².